The van der Waals surface area contributed by atoms with E-state index in [1.165, 1.54) is 21.7 Å². The zero-order valence-corrected chi connectivity index (χ0v) is 12.3. The van der Waals surface area contributed by atoms with Gasteiger partial charge in [0.25, 0.3) is 0 Å². The minimum absolute atomic E-state index is 0.142. The Balaban J connectivity index is 3.21. The van der Waals surface area contributed by atoms with Crippen molar-refractivity contribution in [3.8, 4) is 0 Å². The quantitative estimate of drug-likeness (QED) is 0.900. The Morgan fingerprint density at radius 3 is 2.38 bits per heavy atom. The van der Waals surface area contributed by atoms with Gasteiger partial charge < -0.3 is 5.11 Å². The first kappa shape index (κ1) is 14.1. The summed E-state index contributed by atoms with van der Waals surface area (Å²) in [5, 5.41) is 8.98. The summed E-state index contributed by atoms with van der Waals surface area (Å²) in [7, 11) is -3.44. The van der Waals surface area contributed by atoms with E-state index >= 15 is 0 Å². The molecule has 0 aliphatic heterocycles. The van der Waals surface area contributed by atoms with Crippen LogP contribution in [-0.4, -0.2) is 30.9 Å². The Hall–Kier alpha value is 0.0500. The molecular formula is C9H14BrNO3S2. The van der Waals surface area contributed by atoms with Crippen LogP contribution in [0.4, 0.5) is 0 Å². The first-order valence-corrected chi connectivity index (χ1v) is 7.91. The lowest BCUT2D eigenvalue weighted by Gasteiger charge is -2.17. The SMILES string of the molecule is CCN(CC)S(=O)(=O)c1cc(CO)sc1Br. The fourth-order valence-corrected chi connectivity index (χ4v) is 5.30. The molecule has 1 rings (SSSR count). The van der Waals surface area contributed by atoms with E-state index in [9.17, 15) is 8.42 Å². The van der Waals surface area contributed by atoms with Crippen molar-refractivity contribution in [3.05, 3.63) is 14.7 Å². The summed E-state index contributed by atoms with van der Waals surface area (Å²) in [6, 6.07) is 1.52. The van der Waals surface area contributed by atoms with Crippen molar-refractivity contribution in [1.29, 1.82) is 0 Å². The van der Waals surface area contributed by atoms with Gasteiger partial charge in [-0.05, 0) is 22.0 Å². The molecule has 0 amide bonds. The van der Waals surface area contributed by atoms with Crippen molar-refractivity contribution in [3.63, 3.8) is 0 Å². The van der Waals surface area contributed by atoms with Gasteiger partial charge in [-0.3, -0.25) is 0 Å². The molecule has 16 heavy (non-hydrogen) atoms. The van der Waals surface area contributed by atoms with Crippen LogP contribution in [0.15, 0.2) is 14.7 Å². The van der Waals surface area contributed by atoms with Gasteiger partial charge in [-0.15, -0.1) is 11.3 Å². The average molecular weight is 328 g/mol. The van der Waals surface area contributed by atoms with Gasteiger partial charge in [0.2, 0.25) is 10.0 Å². The molecule has 92 valence electrons. The number of rotatable bonds is 5. The number of aliphatic hydroxyl groups excluding tert-OH is 1. The lowest BCUT2D eigenvalue weighted by molar-refractivity contribution is 0.285. The molecule has 0 radical (unpaired) electrons. The van der Waals surface area contributed by atoms with Gasteiger partial charge in [-0.25, -0.2) is 8.42 Å². The second-order valence-electron chi connectivity index (χ2n) is 3.10. The standard InChI is InChI=1S/C9H14BrNO3S2/c1-3-11(4-2)16(13,14)8-5-7(6-12)15-9(8)10/h5,12H,3-4,6H2,1-2H3. The third-order valence-corrected chi connectivity index (χ3v) is 6.47. The minimum atomic E-state index is -3.44. The molecule has 0 aliphatic carbocycles. The number of aliphatic hydroxyl groups is 1. The van der Waals surface area contributed by atoms with Crippen LogP contribution in [0.3, 0.4) is 0 Å². The molecule has 0 saturated heterocycles. The van der Waals surface area contributed by atoms with Crippen LogP contribution in [0.5, 0.6) is 0 Å². The Bertz CT molecular complexity index is 451. The van der Waals surface area contributed by atoms with Gasteiger partial charge in [-0.2, -0.15) is 4.31 Å². The van der Waals surface area contributed by atoms with E-state index in [0.29, 0.717) is 21.8 Å². The van der Waals surface area contributed by atoms with Crippen LogP contribution in [0.25, 0.3) is 0 Å². The van der Waals surface area contributed by atoms with E-state index in [0.717, 1.165) is 0 Å². The highest BCUT2D eigenvalue weighted by atomic mass is 79.9. The molecule has 0 spiro atoms. The topological polar surface area (TPSA) is 57.6 Å². The van der Waals surface area contributed by atoms with Crippen LogP contribution in [0.2, 0.25) is 0 Å². The molecule has 0 aromatic carbocycles. The summed E-state index contributed by atoms with van der Waals surface area (Å²) in [4.78, 5) is 0.878. The summed E-state index contributed by atoms with van der Waals surface area (Å²) >= 11 is 4.46. The molecule has 1 aromatic rings. The predicted molar refractivity (Wildman–Crippen MR) is 68.0 cm³/mol. The van der Waals surface area contributed by atoms with Crippen molar-refractivity contribution in [2.24, 2.45) is 0 Å². The maximum atomic E-state index is 12.2. The molecule has 1 aromatic heterocycles. The van der Waals surface area contributed by atoms with Gasteiger partial charge in [0.05, 0.1) is 10.4 Å². The lowest BCUT2D eigenvalue weighted by Crippen LogP contribution is -2.30. The van der Waals surface area contributed by atoms with Gasteiger partial charge in [0.15, 0.2) is 0 Å². The van der Waals surface area contributed by atoms with E-state index in [-0.39, 0.29) is 11.5 Å². The van der Waals surface area contributed by atoms with E-state index in [1.54, 1.807) is 13.8 Å². The van der Waals surface area contributed by atoms with Crippen molar-refractivity contribution < 1.29 is 13.5 Å². The van der Waals surface area contributed by atoms with Crippen molar-refractivity contribution in [2.45, 2.75) is 25.3 Å². The zero-order valence-electron chi connectivity index (χ0n) is 9.10. The number of nitrogens with zero attached hydrogens (tertiary/aromatic N) is 1. The Labute approximate surface area is 108 Å². The van der Waals surface area contributed by atoms with E-state index in [2.05, 4.69) is 15.9 Å². The molecule has 4 nitrogen and oxygen atoms in total. The van der Waals surface area contributed by atoms with Gasteiger partial charge >= 0.3 is 0 Å². The lowest BCUT2D eigenvalue weighted by atomic mass is 10.5. The molecular weight excluding hydrogens is 314 g/mol. The average Bonchev–Trinajstić information content (AvgIpc) is 2.61. The Kier molecular flexibility index (Phi) is 4.93. The third kappa shape index (κ3) is 2.65. The second kappa shape index (κ2) is 5.59. The second-order valence-corrected chi connectivity index (χ2v) is 7.46. The maximum Gasteiger partial charge on any atom is 0.245 e. The summed E-state index contributed by atoms with van der Waals surface area (Å²) < 4.78 is 26.3. The third-order valence-electron chi connectivity index (χ3n) is 2.19. The van der Waals surface area contributed by atoms with E-state index in [4.69, 9.17) is 5.11 Å². The monoisotopic (exact) mass is 327 g/mol. The minimum Gasteiger partial charge on any atom is -0.391 e. The molecule has 7 heteroatoms. The van der Waals surface area contributed by atoms with Crippen molar-refractivity contribution in [1.82, 2.24) is 4.31 Å². The number of halogens is 1. The normalized spacial score (nSPS) is 12.3. The number of sulfonamides is 1. The van der Waals surface area contributed by atoms with Gasteiger partial charge in [-0.1, -0.05) is 13.8 Å². The highest BCUT2D eigenvalue weighted by Crippen LogP contribution is 2.33. The summed E-state index contributed by atoms with van der Waals surface area (Å²) in [6.07, 6.45) is 0. The summed E-state index contributed by atoms with van der Waals surface area (Å²) in [6.45, 7) is 4.34. The highest BCUT2D eigenvalue weighted by molar-refractivity contribution is 9.11. The van der Waals surface area contributed by atoms with Crippen molar-refractivity contribution in [2.75, 3.05) is 13.1 Å². The predicted octanol–water partition coefficient (Wildman–Crippen LogP) is 2.03. The van der Waals surface area contributed by atoms with Crippen LogP contribution in [0.1, 0.15) is 18.7 Å². The molecule has 0 unspecified atom stereocenters. The summed E-state index contributed by atoms with van der Waals surface area (Å²) in [5.41, 5.74) is 0. The first-order chi connectivity index (χ1) is 7.47. The highest BCUT2D eigenvalue weighted by Gasteiger charge is 2.26. The fraction of sp³-hybridized carbons (Fsp3) is 0.556. The smallest absolute Gasteiger partial charge is 0.245 e. The van der Waals surface area contributed by atoms with Crippen LogP contribution < -0.4 is 0 Å². The molecule has 0 aliphatic rings. The Morgan fingerprint density at radius 2 is 2.00 bits per heavy atom. The van der Waals surface area contributed by atoms with Crippen LogP contribution >= 0.6 is 27.3 Å². The fourth-order valence-electron chi connectivity index (χ4n) is 1.35. The number of thiophene rings is 1. The first-order valence-electron chi connectivity index (χ1n) is 4.86. The maximum absolute atomic E-state index is 12.2. The molecule has 0 saturated carbocycles. The summed E-state index contributed by atoms with van der Waals surface area (Å²) in [5.74, 6) is 0. The van der Waals surface area contributed by atoms with E-state index in [1.807, 2.05) is 0 Å². The van der Waals surface area contributed by atoms with Gasteiger partial charge in [0.1, 0.15) is 4.90 Å². The van der Waals surface area contributed by atoms with Gasteiger partial charge in [0, 0.05) is 18.0 Å². The van der Waals surface area contributed by atoms with Crippen molar-refractivity contribution >= 4 is 37.3 Å². The molecule has 0 bridgehead atoms. The molecule has 1 heterocycles. The largest absolute Gasteiger partial charge is 0.391 e. The zero-order chi connectivity index (χ0) is 12.3. The molecule has 1 N–H and O–H groups in total. The number of hydrogen-bond acceptors (Lipinski definition) is 4. The van der Waals surface area contributed by atoms with Crippen LogP contribution in [-0.2, 0) is 16.6 Å². The Morgan fingerprint density at radius 1 is 1.44 bits per heavy atom. The number of hydrogen-bond donors (Lipinski definition) is 1. The molecule has 0 fully saturated rings. The van der Waals surface area contributed by atoms with Crippen LogP contribution in [0, 0.1) is 0 Å². The van der Waals surface area contributed by atoms with E-state index < -0.39 is 10.0 Å². The molecule has 0 atom stereocenters.